The van der Waals surface area contributed by atoms with Crippen molar-refractivity contribution in [1.29, 1.82) is 0 Å². The van der Waals surface area contributed by atoms with E-state index in [1.165, 1.54) is 51.4 Å². The fraction of sp³-hybridized carbons (Fsp3) is 0.722. The summed E-state index contributed by atoms with van der Waals surface area (Å²) in [7, 11) is 0. The predicted molar refractivity (Wildman–Crippen MR) is 85.4 cm³/mol. The van der Waals surface area contributed by atoms with E-state index in [4.69, 9.17) is 0 Å². The molecule has 1 heteroatoms. The van der Waals surface area contributed by atoms with Crippen LogP contribution in [0.15, 0.2) is 24.3 Å². The molecule has 0 aromatic heterocycles. The summed E-state index contributed by atoms with van der Waals surface area (Å²) in [6, 6.07) is 0. The van der Waals surface area contributed by atoms with Gasteiger partial charge in [0.15, 0.2) is 0 Å². The fourth-order valence-electron chi connectivity index (χ4n) is 2.00. The molecule has 1 nitrogen and oxygen atoms in total. The summed E-state index contributed by atoms with van der Waals surface area (Å²) < 4.78 is 0. The van der Waals surface area contributed by atoms with E-state index in [0.29, 0.717) is 0 Å². The quantitative estimate of drug-likeness (QED) is 0.214. The lowest BCUT2D eigenvalue weighted by Crippen LogP contribution is -1.77. The minimum absolute atomic E-state index is 0.721. The molecule has 0 atom stereocenters. The third kappa shape index (κ3) is 17.1. The lowest BCUT2D eigenvalue weighted by Gasteiger charge is -1.95. The highest BCUT2D eigenvalue weighted by Crippen LogP contribution is 2.05. The Hall–Kier alpha value is -0.850. The van der Waals surface area contributed by atoms with Crippen LogP contribution in [0.2, 0.25) is 0 Å². The van der Waals surface area contributed by atoms with E-state index in [1.807, 2.05) is 0 Å². The Balaban J connectivity index is 3.13. The van der Waals surface area contributed by atoms with Gasteiger partial charge in [-0.15, -0.1) is 0 Å². The van der Waals surface area contributed by atoms with Crippen LogP contribution in [0.5, 0.6) is 0 Å². The molecule has 19 heavy (non-hydrogen) atoms. The second-order valence-electron chi connectivity index (χ2n) is 5.17. The van der Waals surface area contributed by atoms with Crippen LogP contribution in [0.1, 0.15) is 84.0 Å². The van der Waals surface area contributed by atoms with E-state index in [0.717, 1.165) is 32.0 Å². The van der Waals surface area contributed by atoms with Gasteiger partial charge >= 0.3 is 0 Å². The first-order chi connectivity index (χ1) is 9.41. The highest BCUT2D eigenvalue weighted by Gasteiger charge is 1.86. The third-order valence-electron chi connectivity index (χ3n) is 3.24. The van der Waals surface area contributed by atoms with Crippen LogP contribution >= 0.6 is 0 Å². The number of hydrogen-bond donors (Lipinski definition) is 0. The van der Waals surface area contributed by atoms with Crippen LogP contribution in [0, 0.1) is 0 Å². The van der Waals surface area contributed by atoms with Crippen LogP contribution in [0.3, 0.4) is 0 Å². The van der Waals surface area contributed by atoms with Gasteiger partial charge in [0.25, 0.3) is 0 Å². The minimum atomic E-state index is 0.721. The lowest BCUT2D eigenvalue weighted by atomic mass is 10.1. The molecule has 0 saturated carbocycles. The topological polar surface area (TPSA) is 17.1 Å². The highest BCUT2D eigenvalue weighted by molar-refractivity contribution is 5.48. The molecule has 0 rings (SSSR count). The SMILES string of the molecule is CCCCCC=CCCCCC=CCCCCC=O. The van der Waals surface area contributed by atoms with Gasteiger partial charge in [0.05, 0.1) is 0 Å². The first-order valence-electron chi connectivity index (χ1n) is 8.15. The van der Waals surface area contributed by atoms with Crippen molar-refractivity contribution in [2.45, 2.75) is 84.0 Å². The molecule has 0 aliphatic carbocycles. The average Bonchev–Trinajstić information content (AvgIpc) is 2.43. The lowest BCUT2D eigenvalue weighted by molar-refractivity contribution is -0.107. The predicted octanol–water partition coefficient (Wildman–Crippen LogP) is 6.00. The van der Waals surface area contributed by atoms with Crippen molar-refractivity contribution in [2.24, 2.45) is 0 Å². The number of carbonyl (C=O) groups excluding carboxylic acids is 1. The summed E-state index contributed by atoms with van der Waals surface area (Å²) in [5.41, 5.74) is 0. The largest absolute Gasteiger partial charge is 0.303 e. The molecule has 0 unspecified atom stereocenters. The Kier molecular flexibility index (Phi) is 16.4. The normalized spacial score (nSPS) is 11.6. The number of aldehydes is 1. The standard InChI is InChI=1S/C18H32O/c1-2-3-4-5-6-7-8-9-10-11-12-13-14-15-16-17-18-19/h6-7,12-13,18H,2-5,8-11,14-17H2,1H3. The molecular formula is C18H32O. The zero-order valence-corrected chi connectivity index (χ0v) is 12.8. The molecule has 0 aliphatic rings. The summed E-state index contributed by atoms with van der Waals surface area (Å²) >= 11 is 0. The fourth-order valence-corrected chi connectivity index (χ4v) is 2.00. The smallest absolute Gasteiger partial charge is 0.119 e. The number of unbranched alkanes of at least 4 members (excludes halogenated alkanes) is 9. The molecule has 0 heterocycles. The van der Waals surface area contributed by atoms with E-state index < -0.39 is 0 Å². The Morgan fingerprint density at radius 1 is 0.579 bits per heavy atom. The zero-order valence-electron chi connectivity index (χ0n) is 12.8. The first kappa shape index (κ1) is 18.1. The zero-order chi connectivity index (χ0) is 14.0. The van der Waals surface area contributed by atoms with E-state index >= 15 is 0 Å². The number of hydrogen-bond acceptors (Lipinski definition) is 1. The van der Waals surface area contributed by atoms with Crippen molar-refractivity contribution in [1.82, 2.24) is 0 Å². The van der Waals surface area contributed by atoms with Crippen LogP contribution < -0.4 is 0 Å². The Labute approximate surface area is 120 Å². The van der Waals surface area contributed by atoms with Crippen molar-refractivity contribution in [3.8, 4) is 0 Å². The second kappa shape index (κ2) is 17.2. The molecular weight excluding hydrogens is 232 g/mol. The molecule has 0 bridgehead atoms. The van der Waals surface area contributed by atoms with Gasteiger partial charge in [-0.25, -0.2) is 0 Å². The van der Waals surface area contributed by atoms with Gasteiger partial charge in [-0.3, -0.25) is 0 Å². The molecule has 0 aromatic rings. The summed E-state index contributed by atoms with van der Waals surface area (Å²) in [4.78, 5) is 10.1. The summed E-state index contributed by atoms with van der Waals surface area (Å²) in [6.07, 6.45) is 24.6. The molecule has 0 N–H and O–H groups in total. The van der Waals surface area contributed by atoms with Crippen molar-refractivity contribution in [3.63, 3.8) is 0 Å². The van der Waals surface area contributed by atoms with Crippen LogP contribution in [0.25, 0.3) is 0 Å². The number of rotatable bonds is 14. The van der Waals surface area contributed by atoms with Gasteiger partial charge in [0, 0.05) is 6.42 Å². The minimum Gasteiger partial charge on any atom is -0.303 e. The molecule has 0 spiro atoms. The van der Waals surface area contributed by atoms with Crippen molar-refractivity contribution in [2.75, 3.05) is 0 Å². The molecule has 110 valence electrons. The van der Waals surface area contributed by atoms with Gasteiger partial charge < -0.3 is 4.79 Å². The van der Waals surface area contributed by atoms with Crippen LogP contribution in [-0.4, -0.2) is 6.29 Å². The van der Waals surface area contributed by atoms with Gasteiger partial charge in [-0.2, -0.15) is 0 Å². The van der Waals surface area contributed by atoms with E-state index in [-0.39, 0.29) is 0 Å². The van der Waals surface area contributed by atoms with Gasteiger partial charge in [-0.05, 0) is 57.8 Å². The monoisotopic (exact) mass is 264 g/mol. The third-order valence-corrected chi connectivity index (χ3v) is 3.24. The van der Waals surface area contributed by atoms with Crippen molar-refractivity contribution >= 4 is 6.29 Å². The van der Waals surface area contributed by atoms with E-state index in [2.05, 4.69) is 31.2 Å². The molecule has 0 fully saturated rings. The Morgan fingerprint density at radius 3 is 1.32 bits per heavy atom. The number of carbonyl (C=O) groups is 1. The highest BCUT2D eigenvalue weighted by atomic mass is 16.1. The molecule has 0 radical (unpaired) electrons. The van der Waals surface area contributed by atoms with E-state index in [9.17, 15) is 4.79 Å². The molecule has 0 aromatic carbocycles. The maximum atomic E-state index is 10.1. The molecule has 0 amide bonds. The van der Waals surface area contributed by atoms with Crippen molar-refractivity contribution < 1.29 is 4.79 Å². The van der Waals surface area contributed by atoms with Crippen LogP contribution in [-0.2, 0) is 4.79 Å². The molecule has 0 saturated heterocycles. The Bertz CT molecular complexity index is 228. The Morgan fingerprint density at radius 2 is 0.947 bits per heavy atom. The summed E-state index contributed by atoms with van der Waals surface area (Å²) in [5.74, 6) is 0. The first-order valence-corrected chi connectivity index (χ1v) is 8.15. The van der Waals surface area contributed by atoms with E-state index in [1.54, 1.807) is 0 Å². The average molecular weight is 264 g/mol. The van der Waals surface area contributed by atoms with Gasteiger partial charge in [0.1, 0.15) is 6.29 Å². The maximum Gasteiger partial charge on any atom is 0.119 e. The summed E-state index contributed by atoms with van der Waals surface area (Å²) in [6.45, 7) is 2.25. The molecule has 0 aliphatic heterocycles. The number of allylic oxidation sites excluding steroid dienone is 4. The van der Waals surface area contributed by atoms with Crippen molar-refractivity contribution in [3.05, 3.63) is 24.3 Å². The van der Waals surface area contributed by atoms with Crippen LogP contribution in [0.4, 0.5) is 0 Å². The maximum absolute atomic E-state index is 10.1. The van der Waals surface area contributed by atoms with Gasteiger partial charge in [-0.1, -0.05) is 44.1 Å². The van der Waals surface area contributed by atoms with Gasteiger partial charge in [0.2, 0.25) is 0 Å². The summed E-state index contributed by atoms with van der Waals surface area (Å²) in [5, 5.41) is 0. The second-order valence-corrected chi connectivity index (χ2v) is 5.17.